The van der Waals surface area contributed by atoms with Crippen LogP contribution in [-0.2, 0) is 22.7 Å². The zero-order chi connectivity index (χ0) is 21.6. The number of rotatable bonds is 7. The number of imidazole rings is 1. The first-order chi connectivity index (χ1) is 13.4. The molecule has 0 bridgehead atoms. The topological polar surface area (TPSA) is 241 Å². The van der Waals surface area contributed by atoms with Crippen LogP contribution in [0.1, 0.15) is 6.23 Å². The van der Waals surface area contributed by atoms with Gasteiger partial charge >= 0.3 is 88.7 Å². The monoisotopic (exact) mass is 539 g/mol. The van der Waals surface area contributed by atoms with Crippen molar-refractivity contribution in [2.24, 2.45) is 0 Å². The summed E-state index contributed by atoms with van der Waals surface area (Å²) in [5, 5.41) is 20.7. The van der Waals surface area contributed by atoms with Gasteiger partial charge in [0.05, 0.1) is 20.8 Å². The van der Waals surface area contributed by atoms with Gasteiger partial charge in [-0.1, -0.05) is 11.8 Å². The predicted molar refractivity (Wildman–Crippen MR) is 89.7 cm³/mol. The van der Waals surface area contributed by atoms with Crippen molar-refractivity contribution in [1.29, 1.82) is 0 Å². The fourth-order valence-electron chi connectivity index (χ4n) is 2.60. The molecule has 3 heterocycles. The number of ether oxygens (including phenoxy) is 1. The summed E-state index contributed by atoms with van der Waals surface area (Å²) in [4.78, 5) is 44.5. The van der Waals surface area contributed by atoms with Crippen LogP contribution in [0.5, 0.6) is 0 Å². The molecule has 2 aromatic rings. The maximum atomic E-state index is 11.3. The van der Waals surface area contributed by atoms with Crippen molar-refractivity contribution in [2.75, 3.05) is 18.6 Å². The van der Waals surface area contributed by atoms with Crippen LogP contribution in [0.2, 0.25) is 0 Å². The summed E-state index contributed by atoms with van der Waals surface area (Å²) in [5.74, 6) is 0.0788. The van der Waals surface area contributed by atoms with Gasteiger partial charge in [0.2, 0.25) is 0 Å². The molecule has 2 aromatic heterocycles. The minimum absolute atomic E-state index is 0. The summed E-state index contributed by atoms with van der Waals surface area (Å²) < 4.78 is 36.0. The fourth-order valence-corrected chi connectivity index (χ4v) is 4.47. The van der Waals surface area contributed by atoms with Gasteiger partial charge in [-0.15, -0.1) is 0 Å². The van der Waals surface area contributed by atoms with E-state index >= 15 is 0 Å². The molecule has 1 aliphatic rings. The van der Waals surface area contributed by atoms with Gasteiger partial charge in [0.25, 0.3) is 7.82 Å². The molecule has 162 valence electrons. The van der Waals surface area contributed by atoms with Gasteiger partial charge in [0.15, 0.2) is 22.8 Å². The minimum atomic E-state index is -5.86. The van der Waals surface area contributed by atoms with Crippen LogP contribution in [0.15, 0.2) is 11.5 Å². The molecule has 3 rings (SSSR count). The van der Waals surface area contributed by atoms with Gasteiger partial charge in [-0.05, 0) is 6.26 Å². The largest absolute Gasteiger partial charge is 1.00 e. The first kappa shape index (κ1) is 33.8. The van der Waals surface area contributed by atoms with Crippen LogP contribution in [0, 0.1) is 0 Å². The Labute approximate surface area is 251 Å². The van der Waals surface area contributed by atoms with E-state index in [2.05, 4.69) is 23.8 Å². The summed E-state index contributed by atoms with van der Waals surface area (Å²) in [6.45, 7) is -0.935. The number of nitrogens with zero attached hydrogens (tertiary/aromatic N) is 4. The minimum Gasteiger partial charge on any atom is -0.790 e. The third-order valence-corrected chi connectivity index (χ3v) is 6.43. The molecule has 15 nitrogen and oxygen atoms in total. The second-order valence-corrected chi connectivity index (χ2v) is 9.21. The fraction of sp³-hybridized carbons (Fsp3) is 0.545. The average Bonchev–Trinajstić information content (AvgIpc) is 3.13. The third-order valence-electron chi connectivity index (χ3n) is 3.82. The number of nitrogens with two attached hydrogens (primary N) is 1. The van der Waals surface area contributed by atoms with E-state index in [1.165, 1.54) is 22.7 Å². The smallest absolute Gasteiger partial charge is 0.790 e. The molecule has 4 N–H and O–H groups in total. The maximum absolute atomic E-state index is 11.3. The normalized spacial score (nSPS) is 24.8. The van der Waals surface area contributed by atoms with Crippen molar-refractivity contribution in [2.45, 2.75) is 29.7 Å². The van der Waals surface area contributed by atoms with Crippen LogP contribution in [0.25, 0.3) is 11.2 Å². The van der Waals surface area contributed by atoms with E-state index in [0.717, 1.165) is 0 Å². The molecule has 0 spiro atoms. The van der Waals surface area contributed by atoms with Gasteiger partial charge in [-0.3, -0.25) is 13.4 Å². The molecule has 0 radical (unpaired) electrons. The molecule has 1 fully saturated rings. The van der Waals surface area contributed by atoms with Gasteiger partial charge in [-0.25, -0.2) is 15.0 Å². The number of nitrogen functional groups attached to an aromatic ring is 1. The van der Waals surface area contributed by atoms with E-state index in [4.69, 9.17) is 10.5 Å². The Hall–Kier alpha value is 1.84. The Balaban J connectivity index is 0.00000320. The first-order valence-electron chi connectivity index (χ1n) is 7.66. The van der Waals surface area contributed by atoms with E-state index in [-0.39, 0.29) is 106 Å². The molecular weight excluding hydrogens is 525 g/mol. The average molecular weight is 539 g/mol. The number of hydrogen-bond acceptors (Lipinski definition) is 15. The first-order valence-corrected chi connectivity index (χ1v) is 11.8. The Morgan fingerprint density at radius 2 is 1.84 bits per heavy atom. The Bertz CT molecular complexity index is 1010. The van der Waals surface area contributed by atoms with Crippen LogP contribution >= 0.6 is 27.4 Å². The second-order valence-electron chi connectivity index (χ2n) is 5.74. The van der Waals surface area contributed by atoms with Gasteiger partial charge in [0.1, 0.15) is 23.8 Å². The van der Waals surface area contributed by atoms with Gasteiger partial charge in [0, 0.05) is 0 Å². The number of aromatic nitrogens is 4. The van der Waals surface area contributed by atoms with Crippen molar-refractivity contribution < 1.29 is 136 Å². The van der Waals surface area contributed by atoms with E-state index in [0.29, 0.717) is 5.16 Å². The predicted octanol–water partition coefficient (Wildman–Crippen LogP) is -11.9. The van der Waals surface area contributed by atoms with Crippen LogP contribution in [0.3, 0.4) is 0 Å². The molecule has 0 amide bonds. The number of hydrogen-bond donors (Lipinski definition) is 3. The summed E-state index contributed by atoms with van der Waals surface area (Å²) in [6.07, 6.45) is -2.93. The zero-order valence-corrected chi connectivity index (χ0v) is 26.0. The van der Waals surface area contributed by atoms with Gasteiger partial charge < -0.3 is 44.5 Å². The SMILES string of the molecule is CSc1nc(N)c2ncn([C@@H]3O[C@@H](COP(=O)([O-])OP(=O)([O-])[O-])[C@@H](O)[C@H]3O)c2n1.[Na+].[Na+].[Na+]. The van der Waals surface area contributed by atoms with Crippen molar-refractivity contribution in [3.05, 3.63) is 6.33 Å². The number of aliphatic hydroxyl groups is 2. The number of phosphoric acid groups is 2. The molecule has 0 aromatic carbocycles. The molecule has 0 aliphatic carbocycles. The number of thioether (sulfide) groups is 1. The molecule has 5 atom stereocenters. The van der Waals surface area contributed by atoms with Crippen LogP contribution < -0.4 is 109 Å². The van der Waals surface area contributed by atoms with E-state index in [9.17, 15) is 34.0 Å². The molecule has 1 unspecified atom stereocenters. The van der Waals surface area contributed by atoms with E-state index in [1.807, 2.05) is 0 Å². The summed E-state index contributed by atoms with van der Waals surface area (Å²) in [7, 11) is -11.4. The van der Waals surface area contributed by atoms with Crippen LogP contribution in [-0.4, -0.2) is 60.9 Å². The molecule has 0 saturated carbocycles. The quantitative estimate of drug-likeness (QED) is 0.128. The van der Waals surface area contributed by atoms with E-state index < -0.39 is 46.8 Å². The molecule has 1 saturated heterocycles. The summed E-state index contributed by atoms with van der Waals surface area (Å²) >= 11 is 1.20. The maximum Gasteiger partial charge on any atom is 1.00 e. The zero-order valence-electron chi connectivity index (χ0n) is 17.4. The summed E-state index contributed by atoms with van der Waals surface area (Å²) in [5.41, 5.74) is 6.22. The molecule has 21 heteroatoms. The van der Waals surface area contributed by atoms with Crippen molar-refractivity contribution in [3.63, 3.8) is 0 Å². The standard InChI is InChI=1S/C11H17N5O10P2S.3Na/c1-29-11-14-8(12)5-9(15-11)16(3-13-5)10-7(18)6(17)4(25-10)2-24-28(22,23)26-27(19,20)21;;;/h3-4,6-7,10,17-18H,2H2,1H3,(H,22,23)(H2,12,14,15)(H2,19,20,21);;;/q;3*+1/p-3/t4-,6+,7+,10+;;;/m0.../s1. The number of anilines is 1. The molecule has 32 heavy (non-hydrogen) atoms. The number of phosphoric ester groups is 1. The number of aliphatic hydroxyl groups excluding tert-OH is 2. The third kappa shape index (κ3) is 8.18. The second kappa shape index (κ2) is 13.4. The number of fused-ring (bicyclic) bond motifs is 1. The van der Waals surface area contributed by atoms with Crippen molar-refractivity contribution in [3.8, 4) is 0 Å². The van der Waals surface area contributed by atoms with E-state index in [1.54, 1.807) is 6.26 Å². The van der Waals surface area contributed by atoms with Crippen molar-refractivity contribution in [1.82, 2.24) is 19.5 Å². The molecule has 1 aliphatic heterocycles. The van der Waals surface area contributed by atoms with Crippen LogP contribution in [0.4, 0.5) is 5.82 Å². The van der Waals surface area contributed by atoms with Crippen molar-refractivity contribution >= 4 is 44.4 Å². The summed E-state index contributed by atoms with van der Waals surface area (Å²) in [6, 6.07) is 0. The van der Waals surface area contributed by atoms with Gasteiger partial charge in [-0.2, -0.15) is 0 Å². The Kier molecular flexibility index (Phi) is 14.2. The molecular formula is C11H14N5Na3O10P2S. The Morgan fingerprint density at radius 1 is 1.22 bits per heavy atom. The Morgan fingerprint density at radius 3 is 2.41 bits per heavy atom.